The van der Waals surface area contributed by atoms with E-state index in [0.717, 1.165) is 16.9 Å². The molecule has 0 saturated carbocycles. The average Bonchev–Trinajstić information content (AvgIpc) is 3.00. The first-order chi connectivity index (χ1) is 10.3. The SMILES string of the molecule is COc1ccccc1/C(C#N)=C/c1ccc2c(c1)OCO2. The molecule has 1 heterocycles. The molecule has 0 radical (unpaired) electrons. The summed E-state index contributed by atoms with van der Waals surface area (Å²) in [5.74, 6) is 2.09. The van der Waals surface area contributed by atoms with E-state index < -0.39 is 0 Å². The zero-order valence-corrected chi connectivity index (χ0v) is 11.5. The Hall–Kier alpha value is -2.93. The molecule has 0 spiro atoms. The lowest BCUT2D eigenvalue weighted by Crippen LogP contribution is -1.92. The van der Waals surface area contributed by atoms with Gasteiger partial charge in [0.1, 0.15) is 5.75 Å². The van der Waals surface area contributed by atoms with Gasteiger partial charge in [0.2, 0.25) is 6.79 Å². The number of benzene rings is 2. The summed E-state index contributed by atoms with van der Waals surface area (Å²) in [4.78, 5) is 0. The maximum Gasteiger partial charge on any atom is 0.231 e. The molecule has 2 aromatic rings. The topological polar surface area (TPSA) is 51.5 Å². The molecule has 2 aromatic carbocycles. The third-order valence-electron chi connectivity index (χ3n) is 3.23. The molecular weight excluding hydrogens is 266 g/mol. The minimum atomic E-state index is 0.236. The summed E-state index contributed by atoms with van der Waals surface area (Å²) in [6, 6.07) is 15.2. The van der Waals surface area contributed by atoms with Crippen molar-refractivity contribution in [3.05, 3.63) is 53.6 Å². The fourth-order valence-electron chi connectivity index (χ4n) is 2.21. The maximum absolute atomic E-state index is 9.42. The van der Waals surface area contributed by atoms with Gasteiger partial charge in [0.25, 0.3) is 0 Å². The van der Waals surface area contributed by atoms with E-state index in [0.29, 0.717) is 17.1 Å². The lowest BCUT2D eigenvalue weighted by Gasteiger charge is -2.07. The Morgan fingerprint density at radius 3 is 2.81 bits per heavy atom. The van der Waals surface area contributed by atoms with E-state index >= 15 is 0 Å². The normalized spacial score (nSPS) is 12.9. The zero-order chi connectivity index (χ0) is 14.7. The molecule has 0 fully saturated rings. The van der Waals surface area contributed by atoms with Crippen LogP contribution < -0.4 is 14.2 Å². The molecule has 1 aliphatic rings. The number of rotatable bonds is 3. The van der Waals surface area contributed by atoms with Crippen LogP contribution in [0.25, 0.3) is 11.6 Å². The molecule has 0 saturated heterocycles. The maximum atomic E-state index is 9.42. The third kappa shape index (κ3) is 2.54. The summed E-state index contributed by atoms with van der Waals surface area (Å²) >= 11 is 0. The zero-order valence-electron chi connectivity index (χ0n) is 11.5. The van der Waals surface area contributed by atoms with Crippen LogP contribution in [0.3, 0.4) is 0 Å². The van der Waals surface area contributed by atoms with Crippen molar-refractivity contribution in [3.8, 4) is 23.3 Å². The molecule has 0 unspecified atom stereocenters. The van der Waals surface area contributed by atoms with Gasteiger partial charge in [-0.15, -0.1) is 0 Å². The Balaban J connectivity index is 2.02. The highest BCUT2D eigenvalue weighted by Crippen LogP contribution is 2.34. The lowest BCUT2D eigenvalue weighted by molar-refractivity contribution is 0.174. The largest absolute Gasteiger partial charge is 0.496 e. The van der Waals surface area contributed by atoms with Crippen molar-refractivity contribution >= 4 is 11.6 Å². The van der Waals surface area contributed by atoms with Gasteiger partial charge in [-0.2, -0.15) is 5.26 Å². The minimum Gasteiger partial charge on any atom is -0.496 e. The van der Waals surface area contributed by atoms with Gasteiger partial charge in [-0.25, -0.2) is 0 Å². The number of hydrogen-bond donors (Lipinski definition) is 0. The summed E-state index contributed by atoms with van der Waals surface area (Å²) in [5, 5.41) is 9.42. The van der Waals surface area contributed by atoms with Gasteiger partial charge in [0, 0.05) is 5.56 Å². The van der Waals surface area contributed by atoms with Gasteiger partial charge in [-0.1, -0.05) is 18.2 Å². The number of nitrogens with zero attached hydrogens (tertiary/aromatic N) is 1. The Morgan fingerprint density at radius 2 is 2.00 bits per heavy atom. The Morgan fingerprint density at radius 1 is 1.19 bits per heavy atom. The van der Waals surface area contributed by atoms with Crippen LogP contribution in [0.2, 0.25) is 0 Å². The Labute approximate surface area is 122 Å². The first kappa shape index (κ1) is 13.1. The molecule has 21 heavy (non-hydrogen) atoms. The van der Waals surface area contributed by atoms with E-state index in [2.05, 4.69) is 6.07 Å². The van der Waals surface area contributed by atoms with E-state index in [-0.39, 0.29) is 6.79 Å². The number of para-hydroxylation sites is 1. The predicted octanol–water partition coefficient (Wildman–Crippen LogP) is 3.49. The molecule has 0 N–H and O–H groups in total. The van der Waals surface area contributed by atoms with Crippen LogP contribution in [0.5, 0.6) is 17.2 Å². The molecular formula is C17H13NO3. The number of hydrogen-bond acceptors (Lipinski definition) is 4. The van der Waals surface area contributed by atoms with Crippen LogP contribution >= 0.6 is 0 Å². The third-order valence-corrected chi connectivity index (χ3v) is 3.23. The first-order valence-electron chi connectivity index (χ1n) is 6.46. The smallest absolute Gasteiger partial charge is 0.231 e. The van der Waals surface area contributed by atoms with Gasteiger partial charge >= 0.3 is 0 Å². The van der Waals surface area contributed by atoms with Crippen LogP contribution in [0.1, 0.15) is 11.1 Å². The van der Waals surface area contributed by atoms with Crippen LogP contribution in [0.15, 0.2) is 42.5 Å². The number of ether oxygens (including phenoxy) is 3. The highest BCUT2D eigenvalue weighted by molar-refractivity contribution is 5.91. The van der Waals surface area contributed by atoms with E-state index in [1.54, 1.807) is 13.2 Å². The summed E-state index contributed by atoms with van der Waals surface area (Å²) in [7, 11) is 1.59. The molecule has 104 valence electrons. The molecule has 0 bridgehead atoms. The van der Waals surface area contributed by atoms with Gasteiger partial charge in [0.05, 0.1) is 18.8 Å². The van der Waals surface area contributed by atoms with Gasteiger partial charge in [0.15, 0.2) is 11.5 Å². The van der Waals surface area contributed by atoms with Crippen molar-refractivity contribution in [1.82, 2.24) is 0 Å². The number of allylic oxidation sites excluding steroid dienone is 1. The lowest BCUT2D eigenvalue weighted by atomic mass is 10.0. The van der Waals surface area contributed by atoms with Crippen molar-refractivity contribution in [3.63, 3.8) is 0 Å². The molecule has 4 nitrogen and oxygen atoms in total. The second-order valence-electron chi connectivity index (χ2n) is 4.48. The van der Waals surface area contributed by atoms with Crippen molar-refractivity contribution in [2.24, 2.45) is 0 Å². The molecule has 0 atom stereocenters. The van der Waals surface area contributed by atoms with Crippen molar-refractivity contribution in [2.45, 2.75) is 0 Å². The van der Waals surface area contributed by atoms with E-state index in [1.807, 2.05) is 42.5 Å². The van der Waals surface area contributed by atoms with Crippen LogP contribution in [0.4, 0.5) is 0 Å². The Kier molecular flexibility index (Phi) is 3.48. The monoisotopic (exact) mass is 279 g/mol. The molecule has 0 amide bonds. The second kappa shape index (κ2) is 5.59. The predicted molar refractivity (Wildman–Crippen MR) is 79.0 cm³/mol. The van der Waals surface area contributed by atoms with Gasteiger partial charge in [-0.05, 0) is 35.9 Å². The van der Waals surface area contributed by atoms with E-state index in [4.69, 9.17) is 14.2 Å². The van der Waals surface area contributed by atoms with Crippen LogP contribution in [0, 0.1) is 11.3 Å². The Bertz CT molecular complexity index is 744. The van der Waals surface area contributed by atoms with Gasteiger partial charge in [-0.3, -0.25) is 0 Å². The van der Waals surface area contributed by atoms with Crippen molar-refractivity contribution < 1.29 is 14.2 Å². The second-order valence-corrected chi connectivity index (χ2v) is 4.48. The van der Waals surface area contributed by atoms with Crippen LogP contribution in [-0.4, -0.2) is 13.9 Å². The average molecular weight is 279 g/mol. The summed E-state index contributed by atoms with van der Waals surface area (Å²) in [6.45, 7) is 0.236. The van der Waals surface area contributed by atoms with Crippen LogP contribution in [-0.2, 0) is 0 Å². The minimum absolute atomic E-state index is 0.236. The summed E-state index contributed by atoms with van der Waals surface area (Å²) < 4.78 is 15.9. The van der Waals surface area contributed by atoms with Crippen molar-refractivity contribution in [2.75, 3.05) is 13.9 Å². The standard InChI is InChI=1S/C17H13NO3/c1-19-15-5-3-2-4-14(15)13(10-18)8-12-6-7-16-17(9-12)21-11-20-16/h2-9H,11H2,1H3/b13-8+. The fraction of sp³-hybridized carbons (Fsp3) is 0.118. The number of methoxy groups -OCH3 is 1. The van der Waals surface area contributed by atoms with Gasteiger partial charge < -0.3 is 14.2 Å². The van der Waals surface area contributed by atoms with E-state index in [9.17, 15) is 5.26 Å². The molecule has 3 rings (SSSR count). The highest BCUT2D eigenvalue weighted by Gasteiger charge is 2.13. The van der Waals surface area contributed by atoms with E-state index in [1.165, 1.54) is 0 Å². The summed E-state index contributed by atoms with van der Waals surface area (Å²) in [5.41, 5.74) is 2.17. The molecule has 4 heteroatoms. The molecule has 0 aromatic heterocycles. The molecule has 1 aliphatic heterocycles. The quantitative estimate of drug-likeness (QED) is 0.637. The fourth-order valence-corrected chi connectivity index (χ4v) is 2.21. The first-order valence-corrected chi connectivity index (χ1v) is 6.46. The highest BCUT2D eigenvalue weighted by atomic mass is 16.7. The number of fused-ring (bicyclic) bond motifs is 1. The summed E-state index contributed by atoms with van der Waals surface area (Å²) in [6.07, 6.45) is 1.81. The molecule has 0 aliphatic carbocycles. The van der Waals surface area contributed by atoms with Crippen molar-refractivity contribution in [1.29, 1.82) is 5.26 Å². The number of nitriles is 1.